The van der Waals surface area contributed by atoms with Gasteiger partial charge < -0.3 is 9.64 Å². The zero-order valence-corrected chi connectivity index (χ0v) is 18.1. The van der Waals surface area contributed by atoms with Gasteiger partial charge in [0.1, 0.15) is 18.3 Å². The second kappa shape index (κ2) is 10.6. The number of benzene rings is 3. The number of hydrogen-bond acceptors (Lipinski definition) is 4. The summed E-state index contributed by atoms with van der Waals surface area (Å²) in [5.41, 5.74) is 3.16. The summed E-state index contributed by atoms with van der Waals surface area (Å²) in [4.78, 5) is 11.9. The number of hydrogen-bond donors (Lipinski definition) is 0. The van der Waals surface area contributed by atoms with Crippen LogP contribution in [-0.4, -0.2) is 24.9 Å². The molecule has 4 nitrogen and oxygen atoms in total. The third kappa shape index (κ3) is 5.40. The van der Waals surface area contributed by atoms with Crippen molar-refractivity contribution in [1.29, 1.82) is 0 Å². The summed E-state index contributed by atoms with van der Waals surface area (Å²) in [6, 6.07) is 28.7. The van der Waals surface area contributed by atoms with E-state index in [1.54, 1.807) is 0 Å². The van der Waals surface area contributed by atoms with Crippen LogP contribution in [0.15, 0.2) is 94.9 Å². The van der Waals surface area contributed by atoms with Crippen molar-refractivity contribution in [2.24, 2.45) is 9.98 Å². The molecule has 0 amide bonds. The lowest BCUT2D eigenvalue weighted by atomic mass is 10.1. The fourth-order valence-electron chi connectivity index (χ4n) is 3.60. The van der Waals surface area contributed by atoms with E-state index in [0.29, 0.717) is 6.67 Å². The number of para-hydroxylation sites is 1. The van der Waals surface area contributed by atoms with E-state index in [9.17, 15) is 0 Å². The average Bonchev–Trinajstić information content (AvgIpc) is 2.85. The first kappa shape index (κ1) is 20.9. The predicted octanol–water partition coefficient (Wildman–Crippen LogP) is 6.32. The van der Waals surface area contributed by atoms with Crippen LogP contribution in [0.25, 0.3) is 0 Å². The van der Waals surface area contributed by atoms with Crippen molar-refractivity contribution in [2.75, 3.05) is 18.2 Å². The number of ether oxygens (including phenoxy) is 1. The number of aliphatic imine (C=N–C) groups is 2. The Morgan fingerprint density at radius 3 is 2.19 bits per heavy atom. The van der Waals surface area contributed by atoms with E-state index in [1.165, 1.54) is 19.3 Å². The Morgan fingerprint density at radius 1 is 0.774 bits per heavy atom. The zero-order chi connectivity index (χ0) is 21.3. The molecular weight excluding hydrogens is 382 g/mol. The maximum Gasteiger partial charge on any atom is 0.158 e. The summed E-state index contributed by atoms with van der Waals surface area (Å²) in [7, 11) is 0. The molecule has 0 spiro atoms. The standard InChI is InChI=1S/C27H29N3O/c1-2-3-4-11-20-31-25-18-16-22(17-19-25)26-28-21-30(24-14-9-6-10-15-24)27(29-26)23-12-7-5-8-13-23/h5-10,12-19H,2-4,11,20-21H2,1H3. The first-order chi connectivity index (χ1) is 15.3. The van der Waals surface area contributed by atoms with Gasteiger partial charge in [-0.2, -0.15) is 0 Å². The third-order valence-corrected chi connectivity index (χ3v) is 5.31. The number of nitrogens with zero attached hydrogens (tertiary/aromatic N) is 3. The Labute approximate surface area is 184 Å². The van der Waals surface area contributed by atoms with Gasteiger partial charge in [0, 0.05) is 16.8 Å². The van der Waals surface area contributed by atoms with Crippen molar-refractivity contribution >= 4 is 17.4 Å². The Balaban J connectivity index is 1.52. The Hall–Kier alpha value is -3.40. The van der Waals surface area contributed by atoms with Crippen molar-refractivity contribution in [3.05, 3.63) is 96.1 Å². The van der Waals surface area contributed by atoms with Crippen LogP contribution in [0.4, 0.5) is 5.69 Å². The molecule has 3 aromatic carbocycles. The molecule has 0 bridgehead atoms. The summed E-state index contributed by atoms with van der Waals surface area (Å²) in [5.74, 6) is 2.56. The molecule has 0 radical (unpaired) electrons. The van der Waals surface area contributed by atoms with Crippen molar-refractivity contribution < 1.29 is 4.74 Å². The van der Waals surface area contributed by atoms with Gasteiger partial charge in [-0.3, -0.25) is 0 Å². The van der Waals surface area contributed by atoms with Crippen molar-refractivity contribution in [1.82, 2.24) is 0 Å². The van der Waals surface area contributed by atoms with E-state index < -0.39 is 0 Å². The normalized spacial score (nSPS) is 13.5. The SMILES string of the molecule is CCCCCCOc1ccc(C2=NCN(c3ccccc3)C(c3ccccc3)=N2)cc1. The molecule has 4 rings (SSSR count). The van der Waals surface area contributed by atoms with Gasteiger partial charge >= 0.3 is 0 Å². The van der Waals surface area contributed by atoms with Gasteiger partial charge in [0.25, 0.3) is 0 Å². The topological polar surface area (TPSA) is 37.2 Å². The van der Waals surface area contributed by atoms with E-state index in [1.807, 2.05) is 60.7 Å². The Bertz CT molecular complexity index is 1010. The van der Waals surface area contributed by atoms with Crippen LogP contribution in [0.2, 0.25) is 0 Å². The molecule has 4 heteroatoms. The highest BCUT2D eigenvalue weighted by atomic mass is 16.5. The van der Waals surface area contributed by atoms with Gasteiger partial charge in [-0.15, -0.1) is 0 Å². The molecule has 0 fully saturated rings. The maximum atomic E-state index is 5.88. The molecular formula is C27H29N3O. The quantitative estimate of drug-likeness (QED) is 0.387. The van der Waals surface area contributed by atoms with Gasteiger partial charge in [0.05, 0.1) is 6.61 Å². The minimum atomic E-state index is 0.531. The van der Waals surface area contributed by atoms with Crippen molar-refractivity contribution in [3.63, 3.8) is 0 Å². The molecule has 1 aliphatic rings. The molecule has 1 aliphatic heterocycles. The van der Waals surface area contributed by atoms with Crippen LogP contribution >= 0.6 is 0 Å². The molecule has 158 valence electrons. The van der Waals surface area contributed by atoms with Gasteiger partial charge in [0.15, 0.2) is 5.84 Å². The zero-order valence-electron chi connectivity index (χ0n) is 18.1. The molecule has 0 unspecified atom stereocenters. The number of unbranched alkanes of at least 4 members (excludes halogenated alkanes) is 3. The first-order valence-electron chi connectivity index (χ1n) is 11.1. The summed E-state index contributed by atoms with van der Waals surface area (Å²) >= 11 is 0. The fraction of sp³-hybridized carbons (Fsp3) is 0.259. The first-order valence-corrected chi connectivity index (χ1v) is 11.1. The van der Waals surface area contributed by atoms with E-state index in [4.69, 9.17) is 14.7 Å². The second-order valence-electron chi connectivity index (χ2n) is 7.62. The lowest BCUT2D eigenvalue weighted by Crippen LogP contribution is -2.36. The molecule has 31 heavy (non-hydrogen) atoms. The van der Waals surface area contributed by atoms with Gasteiger partial charge in [-0.25, -0.2) is 9.98 Å². The number of anilines is 1. The molecule has 0 saturated carbocycles. The fourth-order valence-corrected chi connectivity index (χ4v) is 3.60. The molecule has 3 aromatic rings. The highest BCUT2D eigenvalue weighted by Gasteiger charge is 2.21. The summed E-state index contributed by atoms with van der Waals surface area (Å²) < 4.78 is 5.88. The molecule has 0 atom stereocenters. The summed E-state index contributed by atoms with van der Waals surface area (Å²) in [6.45, 7) is 3.52. The monoisotopic (exact) mass is 411 g/mol. The van der Waals surface area contributed by atoms with E-state index in [2.05, 4.69) is 36.1 Å². The minimum Gasteiger partial charge on any atom is -0.494 e. The number of rotatable bonds is 9. The molecule has 0 aliphatic carbocycles. The van der Waals surface area contributed by atoms with E-state index in [-0.39, 0.29) is 0 Å². The second-order valence-corrected chi connectivity index (χ2v) is 7.62. The van der Waals surface area contributed by atoms with Crippen LogP contribution < -0.4 is 9.64 Å². The highest BCUT2D eigenvalue weighted by molar-refractivity contribution is 6.19. The molecule has 0 N–H and O–H groups in total. The van der Waals surface area contributed by atoms with Crippen LogP contribution in [0.5, 0.6) is 5.75 Å². The van der Waals surface area contributed by atoms with Gasteiger partial charge in [0.2, 0.25) is 0 Å². The molecule has 1 heterocycles. The third-order valence-electron chi connectivity index (χ3n) is 5.31. The molecule has 0 saturated heterocycles. The minimum absolute atomic E-state index is 0.531. The maximum absolute atomic E-state index is 5.88. The lowest BCUT2D eigenvalue weighted by Gasteiger charge is -2.28. The number of amidine groups is 2. The van der Waals surface area contributed by atoms with Gasteiger partial charge in [-0.05, 0) is 42.8 Å². The average molecular weight is 412 g/mol. The van der Waals surface area contributed by atoms with Crippen LogP contribution in [0, 0.1) is 0 Å². The lowest BCUT2D eigenvalue weighted by molar-refractivity contribution is 0.305. The van der Waals surface area contributed by atoms with E-state index in [0.717, 1.165) is 47.3 Å². The van der Waals surface area contributed by atoms with Crippen molar-refractivity contribution in [3.8, 4) is 5.75 Å². The largest absolute Gasteiger partial charge is 0.494 e. The van der Waals surface area contributed by atoms with Gasteiger partial charge in [-0.1, -0.05) is 74.7 Å². The smallest absolute Gasteiger partial charge is 0.158 e. The summed E-state index contributed by atoms with van der Waals surface area (Å²) in [6.07, 6.45) is 4.83. The molecule has 0 aromatic heterocycles. The van der Waals surface area contributed by atoms with Crippen LogP contribution in [-0.2, 0) is 0 Å². The predicted molar refractivity (Wildman–Crippen MR) is 129 cm³/mol. The summed E-state index contributed by atoms with van der Waals surface area (Å²) in [5, 5.41) is 0. The highest BCUT2D eigenvalue weighted by Crippen LogP contribution is 2.22. The Kier molecular flexibility index (Phi) is 7.12. The van der Waals surface area contributed by atoms with E-state index >= 15 is 0 Å². The Morgan fingerprint density at radius 2 is 1.48 bits per heavy atom. The van der Waals surface area contributed by atoms with Crippen LogP contribution in [0.3, 0.4) is 0 Å². The van der Waals surface area contributed by atoms with Crippen LogP contribution in [0.1, 0.15) is 43.7 Å². The van der Waals surface area contributed by atoms with Crippen molar-refractivity contribution in [2.45, 2.75) is 32.6 Å².